The molecule has 2 heterocycles. The molecule has 4 N–H and O–H groups in total. The average molecular weight is 322 g/mol. The molecule has 23 heavy (non-hydrogen) atoms. The van der Waals surface area contributed by atoms with Gasteiger partial charge in [-0.15, -0.1) is 0 Å². The fraction of sp³-hybridized carbons (Fsp3) is 0.625. The highest BCUT2D eigenvalue weighted by Gasteiger charge is 2.35. The second-order valence-electron chi connectivity index (χ2n) is 7.06. The molecule has 1 saturated heterocycles. The van der Waals surface area contributed by atoms with Crippen molar-refractivity contribution in [3.05, 3.63) is 18.5 Å². The number of aliphatic hydroxyl groups excluding tert-OH is 1. The van der Waals surface area contributed by atoms with Crippen molar-refractivity contribution in [2.45, 2.75) is 45.4 Å². The fourth-order valence-electron chi connectivity index (χ4n) is 2.75. The van der Waals surface area contributed by atoms with E-state index in [0.29, 0.717) is 18.8 Å². The van der Waals surface area contributed by atoms with Gasteiger partial charge in [-0.2, -0.15) is 0 Å². The van der Waals surface area contributed by atoms with Crippen LogP contribution in [-0.2, 0) is 4.74 Å². The molecule has 1 aromatic heterocycles. The Morgan fingerprint density at radius 2 is 2.17 bits per heavy atom. The zero-order valence-corrected chi connectivity index (χ0v) is 14.1. The van der Waals surface area contributed by atoms with Gasteiger partial charge in [0.15, 0.2) is 0 Å². The molecular weight excluding hydrogens is 296 g/mol. The Bertz CT molecular complexity index is 559. The number of hydrogen-bond donors (Lipinski definition) is 3. The molecule has 0 bridgehead atoms. The Morgan fingerprint density at radius 3 is 2.78 bits per heavy atom. The summed E-state index contributed by atoms with van der Waals surface area (Å²) >= 11 is 0. The Morgan fingerprint density at radius 1 is 1.48 bits per heavy atom. The summed E-state index contributed by atoms with van der Waals surface area (Å²) in [6, 6.07) is 1.41. The van der Waals surface area contributed by atoms with Crippen LogP contribution in [0, 0.1) is 5.92 Å². The molecule has 1 aliphatic heterocycles. The van der Waals surface area contributed by atoms with Crippen molar-refractivity contribution in [3.63, 3.8) is 0 Å². The van der Waals surface area contributed by atoms with Crippen LogP contribution < -0.4 is 16.0 Å². The number of carbonyl (C=O) groups is 1. The molecule has 0 spiro atoms. The zero-order chi connectivity index (χ0) is 17.2. The van der Waals surface area contributed by atoms with Crippen molar-refractivity contribution in [3.8, 4) is 0 Å². The minimum Gasteiger partial charge on any atom is -0.444 e. The first kappa shape index (κ1) is 17.3. The normalized spacial score (nSPS) is 25.1. The van der Waals surface area contributed by atoms with Crippen LogP contribution in [0.2, 0.25) is 0 Å². The molecule has 1 amide bonds. The summed E-state index contributed by atoms with van der Waals surface area (Å²) in [6.07, 6.45) is 2.11. The van der Waals surface area contributed by atoms with E-state index in [1.54, 1.807) is 33.2 Å². The Hall–Kier alpha value is -2.02. The molecule has 7 heteroatoms. The maximum absolute atomic E-state index is 12.0. The molecule has 0 saturated carbocycles. The number of piperidine rings is 1. The lowest BCUT2D eigenvalue weighted by Gasteiger charge is -2.42. The third-order valence-electron chi connectivity index (χ3n) is 3.79. The van der Waals surface area contributed by atoms with Crippen LogP contribution in [0.5, 0.6) is 0 Å². The molecule has 1 aromatic rings. The zero-order valence-electron chi connectivity index (χ0n) is 14.1. The van der Waals surface area contributed by atoms with E-state index in [-0.39, 0.29) is 5.92 Å². The minimum absolute atomic E-state index is 0.0174. The van der Waals surface area contributed by atoms with Crippen LogP contribution in [0.4, 0.5) is 16.2 Å². The first-order chi connectivity index (χ1) is 10.7. The summed E-state index contributed by atoms with van der Waals surface area (Å²) in [6.45, 7) is 8.46. The number of pyridine rings is 1. The van der Waals surface area contributed by atoms with Crippen LogP contribution in [0.1, 0.15) is 27.7 Å². The second kappa shape index (κ2) is 6.62. The standard InChI is InChI=1S/C16H26N4O3/c1-10-8-20(13-5-6-18-7-11(13)17)9-12(14(10)21)19-15(22)23-16(2,3)4/h5-7,10,12,14,21H,8-9,17H2,1-4H3,(H,19,22)/t10-,12+,14+/m0/s1. The van der Waals surface area contributed by atoms with Gasteiger partial charge in [-0.3, -0.25) is 4.98 Å². The lowest BCUT2D eigenvalue weighted by atomic mass is 9.92. The van der Waals surface area contributed by atoms with E-state index in [2.05, 4.69) is 15.2 Å². The molecule has 1 fully saturated rings. The van der Waals surface area contributed by atoms with E-state index < -0.39 is 23.8 Å². The van der Waals surface area contributed by atoms with Crippen LogP contribution in [0.25, 0.3) is 0 Å². The molecule has 0 radical (unpaired) electrons. The number of aliphatic hydroxyl groups is 1. The van der Waals surface area contributed by atoms with Gasteiger partial charge in [-0.25, -0.2) is 4.79 Å². The highest BCUT2D eigenvalue weighted by Crippen LogP contribution is 2.27. The van der Waals surface area contributed by atoms with Gasteiger partial charge >= 0.3 is 6.09 Å². The van der Waals surface area contributed by atoms with Crippen molar-refractivity contribution in [1.82, 2.24) is 10.3 Å². The van der Waals surface area contributed by atoms with Gasteiger partial charge in [0.1, 0.15) is 5.60 Å². The number of ether oxygens (including phenoxy) is 1. The number of alkyl carbamates (subject to hydrolysis) is 1. The summed E-state index contributed by atoms with van der Waals surface area (Å²) in [5.41, 5.74) is 6.84. The third kappa shape index (κ3) is 4.48. The number of rotatable bonds is 2. The van der Waals surface area contributed by atoms with Gasteiger partial charge in [0.05, 0.1) is 29.7 Å². The van der Waals surface area contributed by atoms with E-state index in [9.17, 15) is 9.90 Å². The van der Waals surface area contributed by atoms with Crippen molar-refractivity contribution < 1.29 is 14.6 Å². The number of nitrogen functional groups attached to an aromatic ring is 1. The Balaban J connectivity index is 2.10. The Kier molecular flexibility index (Phi) is 4.99. The van der Waals surface area contributed by atoms with E-state index in [1.807, 2.05) is 13.0 Å². The predicted octanol–water partition coefficient (Wildman–Crippen LogP) is 1.37. The van der Waals surface area contributed by atoms with Crippen LogP contribution in [-0.4, -0.2) is 47.0 Å². The van der Waals surface area contributed by atoms with E-state index in [4.69, 9.17) is 10.5 Å². The number of nitrogens with two attached hydrogens (primary N) is 1. The highest BCUT2D eigenvalue weighted by molar-refractivity contribution is 5.69. The summed E-state index contributed by atoms with van der Waals surface area (Å²) < 4.78 is 5.27. The molecule has 0 aliphatic carbocycles. The van der Waals surface area contributed by atoms with Gasteiger partial charge < -0.3 is 25.8 Å². The van der Waals surface area contributed by atoms with Crippen molar-refractivity contribution in [2.75, 3.05) is 23.7 Å². The molecular formula is C16H26N4O3. The number of anilines is 2. The topological polar surface area (TPSA) is 101 Å². The van der Waals surface area contributed by atoms with Crippen molar-refractivity contribution in [2.24, 2.45) is 5.92 Å². The number of nitrogens with one attached hydrogen (secondary N) is 1. The first-order valence-electron chi connectivity index (χ1n) is 7.79. The van der Waals surface area contributed by atoms with Gasteiger partial charge in [-0.05, 0) is 26.8 Å². The van der Waals surface area contributed by atoms with Gasteiger partial charge in [0.25, 0.3) is 0 Å². The number of amides is 1. The second-order valence-corrected chi connectivity index (χ2v) is 7.06. The highest BCUT2D eigenvalue weighted by atomic mass is 16.6. The number of hydrogen-bond acceptors (Lipinski definition) is 6. The van der Waals surface area contributed by atoms with Crippen molar-refractivity contribution >= 4 is 17.5 Å². The molecule has 128 valence electrons. The van der Waals surface area contributed by atoms with E-state index >= 15 is 0 Å². The maximum atomic E-state index is 12.0. The largest absolute Gasteiger partial charge is 0.444 e. The van der Waals surface area contributed by atoms with E-state index in [0.717, 1.165) is 5.69 Å². The van der Waals surface area contributed by atoms with Gasteiger partial charge in [-0.1, -0.05) is 6.92 Å². The van der Waals surface area contributed by atoms with Crippen molar-refractivity contribution in [1.29, 1.82) is 0 Å². The first-order valence-corrected chi connectivity index (χ1v) is 7.79. The molecule has 3 atom stereocenters. The summed E-state index contributed by atoms with van der Waals surface area (Å²) in [5, 5.41) is 13.1. The summed E-state index contributed by atoms with van der Waals surface area (Å²) in [4.78, 5) is 18.0. The maximum Gasteiger partial charge on any atom is 0.408 e. The van der Waals surface area contributed by atoms with Crippen LogP contribution in [0.15, 0.2) is 18.5 Å². The summed E-state index contributed by atoms with van der Waals surface area (Å²) in [5.74, 6) is -0.0174. The molecule has 2 rings (SSSR count). The fourth-order valence-corrected chi connectivity index (χ4v) is 2.75. The monoisotopic (exact) mass is 322 g/mol. The van der Waals surface area contributed by atoms with Gasteiger partial charge in [0, 0.05) is 25.2 Å². The number of carbonyl (C=O) groups excluding carboxylic acids is 1. The Labute approximate surface area is 136 Å². The molecule has 0 unspecified atom stereocenters. The minimum atomic E-state index is -0.637. The summed E-state index contributed by atoms with van der Waals surface area (Å²) in [7, 11) is 0. The lowest BCUT2D eigenvalue weighted by Crippen LogP contribution is -2.59. The van der Waals surface area contributed by atoms with Crippen LogP contribution in [0.3, 0.4) is 0 Å². The quantitative estimate of drug-likeness (QED) is 0.760. The number of nitrogens with zero attached hydrogens (tertiary/aromatic N) is 2. The molecule has 1 aliphatic rings. The van der Waals surface area contributed by atoms with Gasteiger partial charge in [0.2, 0.25) is 0 Å². The average Bonchev–Trinajstić information content (AvgIpc) is 2.42. The molecule has 7 nitrogen and oxygen atoms in total. The smallest absolute Gasteiger partial charge is 0.408 e. The molecule has 0 aromatic carbocycles. The van der Waals surface area contributed by atoms with Crippen LogP contribution >= 0.6 is 0 Å². The SMILES string of the molecule is C[C@H]1CN(c2ccncc2N)C[C@@H](NC(=O)OC(C)(C)C)[C@@H]1O. The predicted molar refractivity (Wildman–Crippen MR) is 89.2 cm³/mol. The third-order valence-corrected chi connectivity index (χ3v) is 3.79. The van der Waals surface area contributed by atoms with E-state index in [1.165, 1.54) is 0 Å². The lowest BCUT2D eigenvalue weighted by molar-refractivity contribution is 0.0303. The number of aromatic nitrogens is 1.